The molecule has 0 unspecified atom stereocenters. The smallest absolute Gasteiger partial charge is 0.387 e. The molecule has 1 amide bonds. The molecule has 20 heavy (non-hydrogen) atoms. The van der Waals surface area contributed by atoms with Crippen molar-refractivity contribution in [3.8, 4) is 5.75 Å². The number of carbonyl (C=O) groups is 1. The summed E-state index contributed by atoms with van der Waals surface area (Å²) in [5.74, 6) is 0.107. The van der Waals surface area contributed by atoms with Crippen LogP contribution in [0.4, 0.5) is 8.78 Å². The van der Waals surface area contributed by atoms with E-state index in [1.54, 1.807) is 18.2 Å². The quantitative estimate of drug-likeness (QED) is 0.842. The van der Waals surface area contributed by atoms with Crippen LogP contribution in [0.3, 0.4) is 0 Å². The second-order valence-electron chi connectivity index (χ2n) is 4.68. The third-order valence-corrected chi connectivity index (χ3v) is 3.37. The van der Waals surface area contributed by atoms with E-state index in [-0.39, 0.29) is 23.7 Å². The lowest BCUT2D eigenvalue weighted by Gasteiger charge is -2.23. The number of benzene rings is 1. The molecular weight excluding hydrogens is 266 g/mol. The summed E-state index contributed by atoms with van der Waals surface area (Å²) in [4.78, 5) is 11.6. The summed E-state index contributed by atoms with van der Waals surface area (Å²) in [6, 6.07) is 6.20. The molecule has 0 aliphatic carbocycles. The highest BCUT2D eigenvalue weighted by Gasteiger charge is 2.27. The second-order valence-corrected chi connectivity index (χ2v) is 4.68. The summed E-state index contributed by atoms with van der Waals surface area (Å²) in [6.07, 6.45) is 1.38. The maximum Gasteiger partial charge on any atom is 0.387 e. The first-order valence-electron chi connectivity index (χ1n) is 6.69. The van der Waals surface area contributed by atoms with Crippen LogP contribution in [0.5, 0.6) is 5.75 Å². The molecule has 1 aliphatic heterocycles. The molecule has 0 aromatic heterocycles. The number of rotatable bonds is 6. The number of nitrogens with one attached hydrogen (secondary N) is 2. The minimum atomic E-state index is -2.86. The Bertz CT molecular complexity index is 468. The molecule has 4 nitrogen and oxygen atoms in total. The van der Waals surface area contributed by atoms with E-state index in [9.17, 15) is 13.6 Å². The van der Waals surface area contributed by atoms with Gasteiger partial charge in [0.05, 0.1) is 6.04 Å². The molecule has 2 atom stereocenters. The molecule has 1 heterocycles. The highest BCUT2D eigenvalue weighted by Crippen LogP contribution is 2.29. The summed E-state index contributed by atoms with van der Waals surface area (Å²) in [6.45, 7) is -0.283. The van der Waals surface area contributed by atoms with Gasteiger partial charge in [-0.3, -0.25) is 10.1 Å². The molecule has 0 radical (unpaired) electrons. The molecule has 1 aromatic carbocycles. The van der Waals surface area contributed by atoms with Crippen molar-refractivity contribution in [2.24, 2.45) is 0 Å². The lowest BCUT2D eigenvalue weighted by Crippen LogP contribution is -2.38. The van der Waals surface area contributed by atoms with E-state index in [0.29, 0.717) is 24.9 Å². The number of amides is 1. The van der Waals surface area contributed by atoms with E-state index in [1.165, 1.54) is 6.07 Å². The van der Waals surface area contributed by atoms with Gasteiger partial charge in [0.1, 0.15) is 5.75 Å². The number of carbonyl (C=O) groups excluding carboxylic acids is 1. The maximum atomic E-state index is 12.4. The van der Waals surface area contributed by atoms with E-state index >= 15 is 0 Å². The molecule has 1 aromatic rings. The van der Waals surface area contributed by atoms with Crippen LogP contribution in [0.15, 0.2) is 24.3 Å². The van der Waals surface area contributed by atoms with Gasteiger partial charge < -0.3 is 10.1 Å². The predicted octanol–water partition coefficient (Wildman–Crippen LogP) is 2.22. The van der Waals surface area contributed by atoms with E-state index in [4.69, 9.17) is 0 Å². The Morgan fingerprint density at radius 3 is 2.80 bits per heavy atom. The van der Waals surface area contributed by atoms with Gasteiger partial charge in [-0.25, -0.2) is 0 Å². The third kappa shape index (κ3) is 3.45. The lowest BCUT2D eigenvalue weighted by molar-refractivity contribution is -0.121. The maximum absolute atomic E-state index is 12.4. The fourth-order valence-corrected chi connectivity index (χ4v) is 2.40. The van der Waals surface area contributed by atoms with Crippen molar-refractivity contribution in [3.63, 3.8) is 0 Å². The van der Waals surface area contributed by atoms with Gasteiger partial charge in [-0.2, -0.15) is 8.78 Å². The Labute approximate surface area is 116 Å². The van der Waals surface area contributed by atoms with E-state index in [0.717, 1.165) is 0 Å². The first kappa shape index (κ1) is 14.7. The van der Waals surface area contributed by atoms with Crippen LogP contribution >= 0.6 is 0 Å². The molecule has 1 saturated heterocycles. The number of halogens is 2. The largest absolute Gasteiger partial charge is 0.434 e. The summed E-state index contributed by atoms with van der Waals surface area (Å²) < 4.78 is 29.4. The fourth-order valence-electron chi connectivity index (χ4n) is 2.40. The first-order chi connectivity index (χ1) is 9.61. The standard InChI is InChI=1S/C14H18F2N2O2/c1-2-10(18-11-7-8-17-13(11)19)9-5-3-4-6-12(9)20-14(15)16/h3-6,10-11,14,18H,2,7-8H2,1H3,(H,17,19)/t10-,11-/m0/s1. The van der Waals surface area contributed by atoms with Gasteiger partial charge in [0.2, 0.25) is 5.91 Å². The molecule has 2 rings (SSSR count). The van der Waals surface area contributed by atoms with Crippen LogP contribution < -0.4 is 15.4 Å². The Morgan fingerprint density at radius 1 is 1.45 bits per heavy atom. The Morgan fingerprint density at radius 2 is 2.20 bits per heavy atom. The Kier molecular flexibility index (Phi) is 4.89. The van der Waals surface area contributed by atoms with Crippen LogP contribution in [0.2, 0.25) is 0 Å². The fraction of sp³-hybridized carbons (Fsp3) is 0.500. The molecule has 6 heteroatoms. The van der Waals surface area contributed by atoms with Crippen LogP contribution in [0, 0.1) is 0 Å². The molecular formula is C14H18F2N2O2. The average molecular weight is 284 g/mol. The van der Waals surface area contributed by atoms with Gasteiger partial charge in [-0.15, -0.1) is 0 Å². The highest BCUT2D eigenvalue weighted by atomic mass is 19.3. The number of para-hydroxylation sites is 1. The van der Waals surface area contributed by atoms with Crippen molar-refractivity contribution < 1.29 is 18.3 Å². The zero-order valence-corrected chi connectivity index (χ0v) is 11.2. The van der Waals surface area contributed by atoms with E-state index in [1.807, 2.05) is 6.92 Å². The van der Waals surface area contributed by atoms with Crippen molar-refractivity contribution in [3.05, 3.63) is 29.8 Å². The molecule has 0 spiro atoms. The summed E-state index contributed by atoms with van der Waals surface area (Å²) >= 11 is 0. The minimum absolute atomic E-state index is 0.0456. The zero-order valence-electron chi connectivity index (χ0n) is 11.2. The van der Waals surface area contributed by atoms with Crippen molar-refractivity contribution in [2.75, 3.05) is 6.54 Å². The molecule has 0 saturated carbocycles. The summed E-state index contributed by atoms with van der Waals surface area (Å²) in [5, 5.41) is 5.95. The number of hydrogen-bond acceptors (Lipinski definition) is 3. The van der Waals surface area contributed by atoms with Gasteiger partial charge >= 0.3 is 6.61 Å². The molecule has 2 N–H and O–H groups in total. The van der Waals surface area contributed by atoms with Gasteiger partial charge in [0, 0.05) is 18.2 Å². The van der Waals surface area contributed by atoms with E-state index < -0.39 is 6.61 Å². The second kappa shape index (κ2) is 6.65. The summed E-state index contributed by atoms with van der Waals surface area (Å²) in [5.41, 5.74) is 0.648. The van der Waals surface area contributed by atoms with Crippen LogP contribution in [0.1, 0.15) is 31.4 Å². The third-order valence-electron chi connectivity index (χ3n) is 3.37. The van der Waals surface area contributed by atoms with E-state index in [2.05, 4.69) is 15.4 Å². The predicted molar refractivity (Wildman–Crippen MR) is 70.7 cm³/mol. The van der Waals surface area contributed by atoms with Gasteiger partial charge in [-0.05, 0) is 18.9 Å². The monoisotopic (exact) mass is 284 g/mol. The van der Waals surface area contributed by atoms with Gasteiger partial charge in [-0.1, -0.05) is 25.1 Å². The molecule has 1 fully saturated rings. The van der Waals surface area contributed by atoms with Crippen LogP contribution in [-0.2, 0) is 4.79 Å². The number of hydrogen-bond donors (Lipinski definition) is 2. The van der Waals surface area contributed by atoms with Crippen molar-refractivity contribution in [1.82, 2.24) is 10.6 Å². The highest BCUT2D eigenvalue weighted by molar-refractivity contribution is 5.83. The Hall–Kier alpha value is -1.69. The molecule has 110 valence electrons. The minimum Gasteiger partial charge on any atom is -0.434 e. The van der Waals surface area contributed by atoms with Gasteiger partial charge in [0.15, 0.2) is 0 Å². The topological polar surface area (TPSA) is 50.4 Å². The first-order valence-corrected chi connectivity index (χ1v) is 6.69. The normalized spacial score (nSPS) is 20.0. The average Bonchev–Trinajstić information content (AvgIpc) is 2.82. The van der Waals surface area contributed by atoms with Gasteiger partial charge in [0.25, 0.3) is 0 Å². The zero-order chi connectivity index (χ0) is 14.5. The molecule has 1 aliphatic rings. The van der Waals surface area contributed by atoms with Crippen LogP contribution in [0.25, 0.3) is 0 Å². The lowest BCUT2D eigenvalue weighted by atomic mass is 10.0. The van der Waals surface area contributed by atoms with Crippen LogP contribution in [-0.4, -0.2) is 25.1 Å². The van der Waals surface area contributed by atoms with Crippen molar-refractivity contribution in [1.29, 1.82) is 0 Å². The van der Waals surface area contributed by atoms with Crippen molar-refractivity contribution >= 4 is 5.91 Å². The summed E-state index contributed by atoms with van der Waals surface area (Å²) in [7, 11) is 0. The Balaban J connectivity index is 2.16. The van der Waals surface area contributed by atoms with Crippen molar-refractivity contribution in [2.45, 2.75) is 38.5 Å². The number of alkyl halides is 2. The number of ether oxygens (including phenoxy) is 1. The SMILES string of the molecule is CC[C@H](N[C@H]1CCNC1=O)c1ccccc1OC(F)F. The molecule has 0 bridgehead atoms.